The summed E-state index contributed by atoms with van der Waals surface area (Å²) in [5.74, 6) is 0.405. The lowest BCUT2D eigenvalue weighted by Crippen LogP contribution is -2.29. The van der Waals surface area contributed by atoms with E-state index in [2.05, 4.69) is 48.3 Å². The molecule has 1 N–H and O–H groups in total. The Morgan fingerprint density at radius 2 is 1.50 bits per heavy atom. The number of rotatable bonds is 4. The first-order chi connectivity index (χ1) is 14.6. The van der Waals surface area contributed by atoms with Crippen molar-refractivity contribution in [2.45, 2.75) is 25.8 Å². The molecule has 148 valence electrons. The molecule has 0 spiro atoms. The molecule has 1 atom stereocenters. The number of carbonyl (C=O) groups is 1. The average molecular weight is 393 g/mol. The monoisotopic (exact) mass is 393 g/mol. The topological polar surface area (TPSA) is 49.0 Å². The summed E-state index contributed by atoms with van der Waals surface area (Å²) in [6.45, 7) is 4.37. The Morgan fingerprint density at radius 1 is 0.867 bits per heavy atom. The van der Waals surface area contributed by atoms with Crippen LogP contribution >= 0.6 is 0 Å². The summed E-state index contributed by atoms with van der Waals surface area (Å²) in [4.78, 5) is 15.3. The van der Waals surface area contributed by atoms with Crippen molar-refractivity contribution in [1.82, 2.24) is 10.2 Å². The second-order valence-corrected chi connectivity index (χ2v) is 7.96. The number of hydrogen-bond donors (Lipinski definition) is 1. The molecule has 4 heteroatoms. The van der Waals surface area contributed by atoms with Gasteiger partial charge in [-0.1, -0.05) is 86.6 Å². The van der Waals surface area contributed by atoms with Crippen molar-refractivity contribution in [2.75, 3.05) is 4.90 Å². The highest BCUT2D eigenvalue weighted by Crippen LogP contribution is 2.45. The maximum atomic E-state index is 13.5. The Morgan fingerprint density at radius 3 is 2.13 bits per heavy atom. The van der Waals surface area contributed by atoms with Crippen LogP contribution < -0.4 is 4.90 Å². The zero-order valence-corrected chi connectivity index (χ0v) is 17.0. The fraction of sp³-hybridized carbons (Fsp3) is 0.154. The van der Waals surface area contributed by atoms with E-state index in [-0.39, 0.29) is 11.9 Å². The van der Waals surface area contributed by atoms with E-state index >= 15 is 0 Å². The number of anilines is 1. The Labute approximate surface area is 176 Å². The first-order valence-electron chi connectivity index (χ1n) is 10.3. The van der Waals surface area contributed by atoms with Crippen LogP contribution in [-0.4, -0.2) is 16.1 Å². The van der Waals surface area contributed by atoms with Gasteiger partial charge in [0.05, 0.1) is 11.7 Å². The van der Waals surface area contributed by atoms with Gasteiger partial charge in [0.1, 0.15) is 5.69 Å². The third-order valence-corrected chi connectivity index (χ3v) is 5.77. The summed E-state index contributed by atoms with van der Waals surface area (Å²) >= 11 is 0. The van der Waals surface area contributed by atoms with Gasteiger partial charge in [0.25, 0.3) is 5.91 Å². The first kappa shape index (κ1) is 18.4. The van der Waals surface area contributed by atoms with E-state index in [1.54, 1.807) is 0 Å². The van der Waals surface area contributed by atoms with E-state index < -0.39 is 0 Å². The summed E-state index contributed by atoms with van der Waals surface area (Å²) in [5.41, 5.74) is 6.57. The van der Waals surface area contributed by atoms with E-state index in [0.717, 1.165) is 28.1 Å². The van der Waals surface area contributed by atoms with E-state index in [9.17, 15) is 4.79 Å². The number of aromatic nitrogens is 2. The molecule has 1 amide bonds. The van der Waals surface area contributed by atoms with Crippen molar-refractivity contribution in [2.24, 2.45) is 0 Å². The Bertz CT molecular complexity index is 1180. The number of amides is 1. The zero-order valence-electron chi connectivity index (χ0n) is 17.0. The van der Waals surface area contributed by atoms with Gasteiger partial charge in [-0.25, -0.2) is 0 Å². The number of benzene rings is 3. The third-order valence-electron chi connectivity index (χ3n) is 5.77. The van der Waals surface area contributed by atoms with Gasteiger partial charge in [-0.3, -0.25) is 14.8 Å². The smallest absolute Gasteiger partial charge is 0.277 e. The second-order valence-electron chi connectivity index (χ2n) is 7.96. The average Bonchev–Trinajstić information content (AvgIpc) is 3.34. The first-order valence-corrected chi connectivity index (χ1v) is 10.3. The van der Waals surface area contributed by atoms with Crippen molar-refractivity contribution >= 4 is 11.6 Å². The fourth-order valence-electron chi connectivity index (χ4n) is 4.20. The lowest BCUT2D eigenvalue weighted by atomic mass is 9.93. The highest BCUT2D eigenvalue weighted by Gasteiger charge is 2.42. The van der Waals surface area contributed by atoms with Gasteiger partial charge in [0, 0.05) is 16.8 Å². The maximum Gasteiger partial charge on any atom is 0.277 e. The van der Waals surface area contributed by atoms with E-state index in [1.165, 1.54) is 5.56 Å². The number of carbonyl (C=O) groups excluding carboxylic acids is 1. The van der Waals surface area contributed by atoms with Crippen LogP contribution in [0, 0.1) is 0 Å². The minimum atomic E-state index is -0.231. The normalized spacial score (nSPS) is 15.6. The predicted octanol–water partition coefficient (Wildman–Crippen LogP) is 5.95. The lowest BCUT2D eigenvalue weighted by molar-refractivity contribution is 0.0989. The van der Waals surface area contributed by atoms with Gasteiger partial charge in [0.2, 0.25) is 0 Å². The molecule has 4 nitrogen and oxygen atoms in total. The molecule has 0 aliphatic carbocycles. The number of nitrogens with one attached hydrogen (secondary N) is 1. The van der Waals surface area contributed by atoms with Crippen molar-refractivity contribution in [3.8, 4) is 11.3 Å². The Hall–Kier alpha value is -3.66. The van der Waals surface area contributed by atoms with Crippen LogP contribution in [0.25, 0.3) is 11.3 Å². The van der Waals surface area contributed by atoms with Crippen molar-refractivity contribution in [1.29, 1.82) is 0 Å². The molecular weight excluding hydrogens is 370 g/mol. The molecule has 1 aromatic heterocycles. The molecule has 1 aliphatic heterocycles. The summed E-state index contributed by atoms with van der Waals surface area (Å²) in [6, 6.07) is 28.3. The zero-order chi connectivity index (χ0) is 20.7. The van der Waals surface area contributed by atoms with Crippen molar-refractivity contribution in [3.63, 3.8) is 0 Å². The number of aromatic amines is 1. The molecule has 0 unspecified atom stereocenters. The molecule has 4 aromatic rings. The fourth-order valence-corrected chi connectivity index (χ4v) is 4.20. The molecular formula is C26H23N3O. The highest BCUT2D eigenvalue weighted by atomic mass is 16.2. The van der Waals surface area contributed by atoms with Crippen LogP contribution in [0.2, 0.25) is 0 Å². The largest absolute Gasteiger partial charge is 0.295 e. The van der Waals surface area contributed by atoms with Crippen LogP contribution in [-0.2, 0) is 0 Å². The molecule has 1 aliphatic rings. The SMILES string of the molecule is CC(C)c1ccc([C@@H]2c3c(-c4ccccc4)n[nH]c3C(=O)N2c2ccccc2)cc1. The van der Waals surface area contributed by atoms with Gasteiger partial charge in [-0.05, 0) is 29.2 Å². The molecule has 0 fully saturated rings. The Kier molecular flexibility index (Phi) is 4.47. The van der Waals surface area contributed by atoms with E-state index in [4.69, 9.17) is 0 Å². The Balaban J connectivity index is 1.70. The number of H-pyrrole nitrogens is 1. The van der Waals surface area contributed by atoms with Crippen LogP contribution in [0.3, 0.4) is 0 Å². The molecule has 5 rings (SSSR count). The van der Waals surface area contributed by atoms with Gasteiger partial charge >= 0.3 is 0 Å². The molecule has 2 heterocycles. The van der Waals surface area contributed by atoms with Crippen molar-refractivity contribution < 1.29 is 4.79 Å². The van der Waals surface area contributed by atoms with Crippen LogP contribution in [0.15, 0.2) is 84.9 Å². The van der Waals surface area contributed by atoms with E-state index in [0.29, 0.717) is 11.6 Å². The van der Waals surface area contributed by atoms with Gasteiger partial charge in [0.15, 0.2) is 0 Å². The van der Waals surface area contributed by atoms with Gasteiger partial charge < -0.3 is 0 Å². The summed E-state index contributed by atoms with van der Waals surface area (Å²) in [6.07, 6.45) is 0. The third kappa shape index (κ3) is 2.92. The quantitative estimate of drug-likeness (QED) is 0.466. The summed E-state index contributed by atoms with van der Waals surface area (Å²) < 4.78 is 0. The maximum absolute atomic E-state index is 13.5. The van der Waals surface area contributed by atoms with Crippen molar-refractivity contribution in [3.05, 3.63) is 107 Å². The molecule has 0 bridgehead atoms. The molecule has 0 radical (unpaired) electrons. The summed E-state index contributed by atoms with van der Waals surface area (Å²) in [5, 5.41) is 7.56. The number of para-hydroxylation sites is 1. The standard InChI is InChI=1S/C26H23N3O/c1-17(2)18-13-15-20(16-14-18)25-22-23(19-9-5-3-6-10-19)27-28-24(22)26(30)29(25)21-11-7-4-8-12-21/h3-17,25H,1-2H3,(H,27,28)/t25-/m1/s1. The number of fused-ring (bicyclic) bond motifs is 1. The van der Waals surface area contributed by atoms with Crippen LogP contribution in [0.5, 0.6) is 0 Å². The van der Waals surface area contributed by atoms with E-state index in [1.807, 2.05) is 65.6 Å². The minimum Gasteiger partial charge on any atom is -0.295 e. The molecule has 3 aromatic carbocycles. The van der Waals surface area contributed by atoms with Gasteiger partial charge in [-0.15, -0.1) is 0 Å². The van der Waals surface area contributed by atoms with Crippen LogP contribution in [0.4, 0.5) is 5.69 Å². The number of nitrogens with zero attached hydrogens (tertiary/aromatic N) is 2. The lowest BCUT2D eigenvalue weighted by Gasteiger charge is -2.26. The second kappa shape index (κ2) is 7.30. The molecule has 0 saturated carbocycles. The summed E-state index contributed by atoms with van der Waals surface area (Å²) in [7, 11) is 0. The molecule has 30 heavy (non-hydrogen) atoms. The van der Waals surface area contributed by atoms with Crippen LogP contribution in [0.1, 0.15) is 53.0 Å². The minimum absolute atomic E-state index is 0.0520. The highest BCUT2D eigenvalue weighted by molar-refractivity contribution is 6.11. The van der Waals surface area contributed by atoms with Gasteiger partial charge in [-0.2, -0.15) is 5.10 Å². The number of hydrogen-bond acceptors (Lipinski definition) is 2. The predicted molar refractivity (Wildman–Crippen MR) is 120 cm³/mol. The molecule has 0 saturated heterocycles.